The first kappa shape index (κ1) is 9.22. The van der Waals surface area contributed by atoms with Gasteiger partial charge in [-0.05, 0) is 19.3 Å². The molecule has 0 spiro atoms. The number of nitrogens with zero attached hydrogens (tertiary/aromatic N) is 1. The molecule has 74 valence electrons. The minimum atomic E-state index is 0.747. The fourth-order valence-electron chi connectivity index (χ4n) is 2.02. The number of isocyanates is 1. The fourth-order valence-corrected chi connectivity index (χ4v) is 2.02. The van der Waals surface area contributed by atoms with Crippen LogP contribution in [0.1, 0.15) is 36.8 Å². The smallest absolute Gasteiger partial charge is 0.240 e. The minimum Gasteiger partial charge on any atom is -0.463 e. The molecule has 0 radical (unpaired) electrons. The van der Waals surface area contributed by atoms with E-state index in [4.69, 9.17) is 4.42 Å². The first-order valence-corrected chi connectivity index (χ1v) is 5.08. The van der Waals surface area contributed by atoms with Crippen molar-refractivity contribution in [2.24, 2.45) is 4.99 Å². The lowest BCUT2D eigenvalue weighted by atomic mass is 9.97. The molecule has 0 N–H and O–H groups in total. The summed E-state index contributed by atoms with van der Waals surface area (Å²) in [5, 5.41) is 0. The lowest BCUT2D eigenvalue weighted by Gasteiger charge is -2.08. The zero-order valence-corrected chi connectivity index (χ0v) is 8.30. The maximum atomic E-state index is 10.3. The molecule has 0 aromatic carbocycles. The van der Waals surface area contributed by atoms with Gasteiger partial charge < -0.3 is 4.42 Å². The van der Waals surface area contributed by atoms with E-state index in [1.54, 1.807) is 6.08 Å². The van der Waals surface area contributed by atoms with E-state index in [0.29, 0.717) is 0 Å². The average Bonchev–Trinajstić information content (AvgIpc) is 2.58. The van der Waals surface area contributed by atoms with Gasteiger partial charge in [-0.2, -0.15) is 4.99 Å². The van der Waals surface area contributed by atoms with Crippen molar-refractivity contribution < 1.29 is 9.21 Å². The molecule has 0 atom stereocenters. The van der Waals surface area contributed by atoms with Crippen LogP contribution in [-0.2, 0) is 24.1 Å². The summed E-state index contributed by atoms with van der Waals surface area (Å²) < 4.78 is 5.67. The van der Waals surface area contributed by atoms with Crippen molar-refractivity contribution in [3.63, 3.8) is 0 Å². The van der Waals surface area contributed by atoms with Gasteiger partial charge in [0, 0.05) is 18.4 Å². The third-order valence-corrected chi connectivity index (χ3v) is 2.69. The summed E-state index contributed by atoms with van der Waals surface area (Å²) in [5.41, 5.74) is 1.88. The number of aliphatic imine (C=N–C) groups is 1. The van der Waals surface area contributed by atoms with E-state index in [1.807, 2.05) is 6.92 Å². The molecule has 1 aromatic heterocycles. The zero-order valence-electron chi connectivity index (χ0n) is 8.30. The summed E-state index contributed by atoms with van der Waals surface area (Å²) >= 11 is 0. The molecule has 1 aliphatic carbocycles. The van der Waals surface area contributed by atoms with Crippen molar-refractivity contribution in [2.75, 3.05) is 0 Å². The number of furan rings is 1. The van der Waals surface area contributed by atoms with Crippen molar-refractivity contribution in [1.82, 2.24) is 0 Å². The molecular formula is C11H13NO2. The van der Waals surface area contributed by atoms with Crippen LogP contribution in [0, 0.1) is 0 Å². The quantitative estimate of drug-likeness (QED) is 0.532. The molecule has 0 fully saturated rings. The third kappa shape index (κ3) is 1.40. The molecule has 3 heteroatoms. The molecule has 0 saturated carbocycles. The summed E-state index contributed by atoms with van der Waals surface area (Å²) in [6, 6.07) is 0. The Labute approximate surface area is 82.8 Å². The molecule has 0 unspecified atom stereocenters. The molecule has 1 aromatic rings. The van der Waals surface area contributed by atoms with Crippen LogP contribution in [-0.4, -0.2) is 6.08 Å². The predicted octanol–water partition coefficient (Wildman–Crippen LogP) is 2.69. The molecule has 0 saturated heterocycles. The monoisotopic (exact) mass is 191 g/mol. The standard InChI is InChI=1S/C11H13NO2/c1-2-9-11(12-7-13)8-5-3-4-6-10(8)14-9/h2-6H2,1H3. The van der Waals surface area contributed by atoms with Crippen LogP contribution < -0.4 is 0 Å². The highest BCUT2D eigenvalue weighted by molar-refractivity contribution is 5.58. The lowest BCUT2D eigenvalue weighted by Crippen LogP contribution is -1.98. The molecule has 0 aliphatic heterocycles. The van der Waals surface area contributed by atoms with Gasteiger partial charge in [0.1, 0.15) is 17.2 Å². The second-order valence-electron chi connectivity index (χ2n) is 3.54. The second kappa shape index (κ2) is 3.81. The Hall–Kier alpha value is -1.34. The summed E-state index contributed by atoms with van der Waals surface area (Å²) in [6.07, 6.45) is 6.70. The normalized spacial score (nSPS) is 14.6. The maximum absolute atomic E-state index is 10.3. The van der Waals surface area contributed by atoms with Gasteiger partial charge in [0.25, 0.3) is 0 Å². The van der Waals surface area contributed by atoms with E-state index in [9.17, 15) is 4.79 Å². The molecule has 0 amide bonds. The van der Waals surface area contributed by atoms with Gasteiger partial charge in [-0.25, -0.2) is 4.79 Å². The Morgan fingerprint density at radius 3 is 2.93 bits per heavy atom. The highest BCUT2D eigenvalue weighted by Gasteiger charge is 2.21. The van der Waals surface area contributed by atoms with Crippen molar-refractivity contribution in [1.29, 1.82) is 0 Å². The number of aryl methyl sites for hydroxylation is 2. The molecular weight excluding hydrogens is 178 g/mol. The number of hydrogen-bond donors (Lipinski definition) is 0. The van der Waals surface area contributed by atoms with Crippen LogP contribution in [0.4, 0.5) is 5.69 Å². The highest BCUT2D eigenvalue weighted by Crippen LogP contribution is 2.35. The minimum absolute atomic E-state index is 0.747. The second-order valence-corrected chi connectivity index (χ2v) is 3.54. The van der Waals surface area contributed by atoms with Gasteiger partial charge in [-0.1, -0.05) is 6.92 Å². The van der Waals surface area contributed by atoms with Gasteiger partial charge in [0.05, 0.1) is 0 Å². The molecule has 14 heavy (non-hydrogen) atoms. The van der Waals surface area contributed by atoms with Gasteiger partial charge in [0.15, 0.2) is 0 Å². The van der Waals surface area contributed by atoms with Gasteiger partial charge in [-0.15, -0.1) is 0 Å². The molecule has 2 rings (SSSR count). The Kier molecular flexibility index (Phi) is 2.51. The van der Waals surface area contributed by atoms with Crippen molar-refractivity contribution >= 4 is 11.8 Å². The Morgan fingerprint density at radius 1 is 1.43 bits per heavy atom. The maximum Gasteiger partial charge on any atom is 0.240 e. The Morgan fingerprint density at radius 2 is 2.21 bits per heavy atom. The van der Waals surface area contributed by atoms with Crippen LogP contribution in [0.25, 0.3) is 0 Å². The Balaban J connectivity index is 2.52. The van der Waals surface area contributed by atoms with Gasteiger partial charge in [0.2, 0.25) is 6.08 Å². The van der Waals surface area contributed by atoms with Gasteiger partial charge >= 0.3 is 0 Å². The van der Waals surface area contributed by atoms with Crippen molar-refractivity contribution in [2.45, 2.75) is 39.0 Å². The van der Waals surface area contributed by atoms with E-state index < -0.39 is 0 Å². The zero-order chi connectivity index (χ0) is 9.97. The van der Waals surface area contributed by atoms with E-state index in [-0.39, 0.29) is 0 Å². The first-order chi connectivity index (χ1) is 6.86. The van der Waals surface area contributed by atoms with E-state index in [2.05, 4.69) is 4.99 Å². The number of rotatable bonds is 2. The van der Waals surface area contributed by atoms with Crippen molar-refractivity contribution in [3.8, 4) is 0 Å². The van der Waals surface area contributed by atoms with E-state index in [0.717, 1.165) is 48.5 Å². The number of hydrogen-bond acceptors (Lipinski definition) is 3. The molecule has 0 bridgehead atoms. The van der Waals surface area contributed by atoms with Crippen LogP contribution >= 0.6 is 0 Å². The molecule has 1 heterocycles. The average molecular weight is 191 g/mol. The van der Waals surface area contributed by atoms with Gasteiger partial charge in [-0.3, -0.25) is 0 Å². The first-order valence-electron chi connectivity index (χ1n) is 5.08. The van der Waals surface area contributed by atoms with Crippen LogP contribution in [0.2, 0.25) is 0 Å². The summed E-state index contributed by atoms with van der Waals surface area (Å²) in [5.74, 6) is 1.86. The predicted molar refractivity (Wildman–Crippen MR) is 52.5 cm³/mol. The number of carbonyl (C=O) groups excluding carboxylic acids is 1. The topological polar surface area (TPSA) is 42.6 Å². The third-order valence-electron chi connectivity index (χ3n) is 2.69. The summed E-state index contributed by atoms with van der Waals surface area (Å²) in [4.78, 5) is 14.0. The Bertz CT molecular complexity index is 386. The fraction of sp³-hybridized carbons (Fsp3) is 0.545. The van der Waals surface area contributed by atoms with Crippen LogP contribution in [0.5, 0.6) is 0 Å². The van der Waals surface area contributed by atoms with E-state index >= 15 is 0 Å². The lowest BCUT2D eigenvalue weighted by molar-refractivity contribution is 0.447. The summed E-state index contributed by atoms with van der Waals surface area (Å²) in [7, 11) is 0. The van der Waals surface area contributed by atoms with Crippen molar-refractivity contribution in [3.05, 3.63) is 17.1 Å². The highest BCUT2D eigenvalue weighted by atomic mass is 16.3. The number of fused-ring (bicyclic) bond motifs is 1. The van der Waals surface area contributed by atoms with Crippen LogP contribution in [0.15, 0.2) is 9.41 Å². The van der Waals surface area contributed by atoms with Crippen LogP contribution in [0.3, 0.4) is 0 Å². The summed E-state index contributed by atoms with van der Waals surface area (Å²) in [6.45, 7) is 2.01. The SMILES string of the molecule is CCc1oc2c(c1N=C=O)CCCC2. The largest absolute Gasteiger partial charge is 0.463 e. The molecule has 1 aliphatic rings. The van der Waals surface area contributed by atoms with E-state index in [1.165, 1.54) is 6.42 Å². The molecule has 3 nitrogen and oxygen atoms in total.